The summed E-state index contributed by atoms with van der Waals surface area (Å²) in [5, 5.41) is 3.10. The van der Waals surface area contributed by atoms with Gasteiger partial charge in [-0.1, -0.05) is 6.07 Å². The van der Waals surface area contributed by atoms with E-state index in [1.54, 1.807) is 0 Å². The first-order valence-electron chi connectivity index (χ1n) is 6.00. The number of H-pyrrole nitrogens is 2. The fourth-order valence-corrected chi connectivity index (χ4v) is 2.18. The van der Waals surface area contributed by atoms with E-state index < -0.39 is 5.76 Å². The highest BCUT2D eigenvalue weighted by atomic mass is 16.4. The summed E-state index contributed by atoms with van der Waals surface area (Å²) in [4.78, 5) is 21.5. The van der Waals surface area contributed by atoms with Gasteiger partial charge in [-0.15, -0.1) is 0 Å². The molecule has 98 valence electrons. The number of oxazole rings is 1. The molecule has 1 aromatic carbocycles. The number of hydrogen-bond donors (Lipinski definition) is 3. The molecule has 6 heteroatoms. The zero-order valence-corrected chi connectivity index (χ0v) is 10.7. The van der Waals surface area contributed by atoms with Crippen LogP contribution in [-0.2, 0) is 6.54 Å². The second-order valence-electron chi connectivity index (χ2n) is 4.41. The van der Waals surface area contributed by atoms with Gasteiger partial charge in [-0.3, -0.25) is 4.98 Å². The highest BCUT2D eigenvalue weighted by Crippen LogP contribution is 2.24. The van der Waals surface area contributed by atoms with Crippen LogP contribution in [0.3, 0.4) is 0 Å². The Balaban J connectivity index is 2.15. The number of imidazole rings is 1. The molecule has 0 fully saturated rings. The van der Waals surface area contributed by atoms with Crippen molar-refractivity contribution in [2.75, 3.05) is 7.05 Å². The average molecular weight is 258 g/mol. The normalized spacial score (nSPS) is 11.3. The van der Waals surface area contributed by atoms with Gasteiger partial charge in [-0.2, -0.15) is 0 Å². The summed E-state index contributed by atoms with van der Waals surface area (Å²) in [6.07, 6.45) is 0. The van der Waals surface area contributed by atoms with Gasteiger partial charge in [-0.05, 0) is 26.1 Å². The van der Waals surface area contributed by atoms with Crippen LogP contribution in [0.5, 0.6) is 0 Å². The number of nitrogens with one attached hydrogen (secondary N) is 3. The third-order valence-corrected chi connectivity index (χ3v) is 2.95. The van der Waals surface area contributed by atoms with E-state index in [1.807, 2.05) is 32.2 Å². The molecule has 0 saturated heterocycles. The van der Waals surface area contributed by atoms with E-state index in [1.165, 1.54) is 0 Å². The lowest BCUT2D eigenvalue weighted by molar-refractivity contribution is 0.555. The van der Waals surface area contributed by atoms with Gasteiger partial charge in [0.25, 0.3) is 0 Å². The molecule has 0 radical (unpaired) electrons. The minimum Gasteiger partial charge on any atom is -0.408 e. The van der Waals surface area contributed by atoms with E-state index in [2.05, 4.69) is 20.3 Å². The first kappa shape index (κ1) is 11.7. The molecule has 0 amide bonds. The SMILES string of the molecule is CNCc1[nH]c(C)nc1-c1ccc2[nH]c(=O)oc2c1. The summed E-state index contributed by atoms with van der Waals surface area (Å²) >= 11 is 0. The van der Waals surface area contributed by atoms with E-state index in [0.29, 0.717) is 17.6 Å². The molecular formula is C13H14N4O2. The predicted octanol–water partition coefficient (Wildman–Crippen LogP) is 1.54. The van der Waals surface area contributed by atoms with Crippen molar-refractivity contribution >= 4 is 11.1 Å². The van der Waals surface area contributed by atoms with Crippen LogP contribution in [0.25, 0.3) is 22.4 Å². The first-order chi connectivity index (χ1) is 9.17. The zero-order chi connectivity index (χ0) is 13.4. The largest absolute Gasteiger partial charge is 0.417 e. The lowest BCUT2D eigenvalue weighted by Gasteiger charge is -2.01. The van der Waals surface area contributed by atoms with Crippen LogP contribution in [-0.4, -0.2) is 22.0 Å². The molecule has 0 saturated carbocycles. The topological polar surface area (TPSA) is 86.7 Å². The Morgan fingerprint density at radius 3 is 3.00 bits per heavy atom. The van der Waals surface area contributed by atoms with Crippen LogP contribution in [0.15, 0.2) is 27.4 Å². The average Bonchev–Trinajstić information content (AvgIpc) is 2.90. The first-order valence-corrected chi connectivity index (χ1v) is 6.00. The number of hydrogen-bond acceptors (Lipinski definition) is 4. The van der Waals surface area contributed by atoms with E-state index in [-0.39, 0.29) is 0 Å². The number of benzene rings is 1. The molecule has 19 heavy (non-hydrogen) atoms. The van der Waals surface area contributed by atoms with Crippen LogP contribution >= 0.6 is 0 Å². The van der Waals surface area contributed by atoms with Crippen LogP contribution in [0.2, 0.25) is 0 Å². The van der Waals surface area contributed by atoms with Crippen molar-refractivity contribution in [3.8, 4) is 11.3 Å². The molecule has 0 aliphatic carbocycles. The van der Waals surface area contributed by atoms with Gasteiger partial charge >= 0.3 is 5.76 Å². The van der Waals surface area contributed by atoms with Crippen molar-refractivity contribution in [2.24, 2.45) is 0 Å². The number of aromatic nitrogens is 3. The zero-order valence-electron chi connectivity index (χ0n) is 10.7. The summed E-state index contributed by atoms with van der Waals surface area (Å²) < 4.78 is 5.07. The van der Waals surface area contributed by atoms with Crippen molar-refractivity contribution in [3.63, 3.8) is 0 Å². The molecule has 3 rings (SSSR count). The van der Waals surface area contributed by atoms with Crippen LogP contribution in [0.1, 0.15) is 11.5 Å². The Morgan fingerprint density at radius 2 is 2.21 bits per heavy atom. The molecule has 0 atom stereocenters. The Morgan fingerprint density at radius 1 is 1.37 bits per heavy atom. The molecule has 0 aliphatic rings. The molecule has 0 bridgehead atoms. The number of rotatable bonds is 3. The lowest BCUT2D eigenvalue weighted by atomic mass is 10.1. The summed E-state index contributed by atoms with van der Waals surface area (Å²) in [5.41, 5.74) is 4.04. The van der Waals surface area contributed by atoms with Crippen LogP contribution < -0.4 is 11.1 Å². The fraction of sp³-hybridized carbons (Fsp3) is 0.231. The number of nitrogens with zero attached hydrogens (tertiary/aromatic N) is 1. The molecule has 0 spiro atoms. The lowest BCUT2D eigenvalue weighted by Crippen LogP contribution is -2.06. The number of aryl methyl sites for hydroxylation is 1. The van der Waals surface area contributed by atoms with Gasteiger partial charge in [0.1, 0.15) is 5.82 Å². The van der Waals surface area contributed by atoms with Gasteiger partial charge < -0.3 is 14.7 Å². The molecule has 2 aromatic heterocycles. The van der Waals surface area contributed by atoms with Crippen LogP contribution in [0.4, 0.5) is 0 Å². The van der Waals surface area contributed by atoms with E-state index in [4.69, 9.17) is 4.42 Å². The van der Waals surface area contributed by atoms with E-state index in [0.717, 1.165) is 22.8 Å². The fourth-order valence-electron chi connectivity index (χ4n) is 2.18. The molecule has 0 aliphatic heterocycles. The molecule has 3 aromatic rings. The minimum absolute atomic E-state index is 0.444. The van der Waals surface area contributed by atoms with Crippen molar-refractivity contribution < 1.29 is 4.42 Å². The standard InChI is InChI=1S/C13H14N4O2/c1-7-15-10(6-14-2)12(16-7)8-3-4-9-11(5-8)19-13(18)17-9/h3-5,14H,6H2,1-2H3,(H,15,16)(H,17,18). The number of fused-ring (bicyclic) bond motifs is 1. The molecule has 3 N–H and O–H groups in total. The van der Waals surface area contributed by atoms with Gasteiger partial charge in [0.15, 0.2) is 5.58 Å². The van der Waals surface area contributed by atoms with Gasteiger partial charge in [0.2, 0.25) is 0 Å². The van der Waals surface area contributed by atoms with Crippen molar-refractivity contribution in [1.82, 2.24) is 20.3 Å². The maximum absolute atomic E-state index is 11.2. The highest BCUT2D eigenvalue weighted by Gasteiger charge is 2.11. The van der Waals surface area contributed by atoms with Gasteiger partial charge in [0, 0.05) is 12.1 Å². The highest BCUT2D eigenvalue weighted by molar-refractivity contribution is 5.79. The number of aromatic amines is 2. The van der Waals surface area contributed by atoms with Crippen molar-refractivity contribution in [2.45, 2.75) is 13.5 Å². The molecular weight excluding hydrogens is 244 g/mol. The second kappa shape index (κ2) is 4.40. The monoisotopic (exact) mass is 258 g/mol. The van der Waals surface area contributed by atoms with E-state index >= 15 is 0 Å². The second-order valence-corrected chi connectivity index (χ2v) is 4.41. The smallest absolute Gasteiger partial charge is 0.408 e. The maximum Gasteiger partial charge on any atom is 0.417 e. The van der Waals surface area contributed by atoms with Gasteiger partial charge in [0.05, 0.1) is 16.9 Å². The van der Waals surface area contributed by atoms with Crippen LogP contribution in [0, 0.1) is 6.92 Å². The van der Waals surface area contributed by atoms with Gasteiger partial charge in [-0.25, -0.2) is 9.78 Å². The third kappa shape index (κ3) is 2.06. The Bertz CT molecular complexity index is 781. The minimum atomic E-state index is -0.444. The predicted molar refractivity (Wildman–Crippen MR) is 71.9 cm³/mol. The molecule has 6 nitrogen and oxygen atoms in total. The molecule has 0 unspecified atom stereocenters. The summed E-state index contributed by atoms with van der Waals surface area (Å²) in [6, 6.07) is 5.56. The Labute approximate surface area is 108 Å². The Hall–Kier alpha value is -2.34. The quantitative estimate of drug-likeness (QED) is 0.665. The van der Waals surface area contributed by atoms with E-state index in [9.17, 15) is 4.79 Å². The Kier molecular flexibility index (Phi) is 2.72. The third-order valence-electron chi connectivity index (χ3n) is 2.95. The molecule has 2 heterocycles. The summed E-state index contributed by atoms with van der Waals surface area (Å²) in [7, 11) is 1.88. The maximum atomic E-state index is 11.2. The summed E-state index contributed by atoms with van der Waals surface area (Å²) in [6.45, 7) is 2.61. The van der Waals surface area contributed by atoms with Crippen molar-refractivity contribution in [1.29, 1.82) is 0 Å². The van der Waals surface area contributed by atoms with Crippen molar-refractivity contribution in [3.05, 3.63) is 40.3 Å². The summed E-state index contributed by atoms with van der Waals surface area (Å²) in [5.74, 6) is 0.414.